The zero-order valence-corrected chi connectivity index (χ0v) is 3.68. The monoisotopic (exact) mass is 97.0 g/mol. The summed E-state index contributed by atoms with van der Waals surface area (Å²) in [6.07, 6.45) is 0. The molecule has 0 aliphatic heterocycles. The Morgan fingerprint density at radius 2 is 1.25 bits per heavy atom. The van der Waals surface area contributed by atoms with Gasteiger partial charge in [0.05, 0.1) is 0 Å². The molecule has 26 valence electrons. The third-order valence-corrected chi connectivity index (χ3v) is 0. The lowest BCUT2D eigenvalue weighted by atomic mass is 12.0. The maximum atomic E-state index is 4.33. The molecule has 4 radical (unpaired) electrons. The fourth-order valence-corrected chi connectivity index (χ4v) is 0. The third kappa shape index (κ3) is 18.5. The van der Waals surface area contributed by atoms with Crippen molar-refractivity contribution in [2.75, 3.05) is 0 Å². The van der Waals surface area contributed by atoms with E-state index in [0.717, 1.165) is 0 Å². The van der Waals surface area contributed by atoms with Gasteiger partial charge >= 0.3 is 0 Å². The van der Waals surface area contributed by atoms with Crippen molar-refractivity contribution in [2.24, 2.45) is 0 Å². The van der Waals surface area contributed by atoms with E-state index in [-0.39, 0.29) is 13.6 Å². The number of rotatable bonds is 0. The van der Waals surface area contributed by atoms with E-state index in [1.54, 1.807) is 0 Å². The van der Waals surface area contributed by atoms with E-state index < -0.39 is 0 Å². The standard InChI is InChI=1S/C.ClHS.H3N/c;1-2;/h;2H;1H3. The van der Waals surface area contributed by atoms with Gasteiger partial charge in [0, 0.05) is 7.43 Å². The van der Waals surface area contributed by atoms with Gasteiger partial charge < -0.3 is 6.15 Å². The Kier molecular flexibility index (Phi) is 394. The molecule has 0 aromatic heterocycles. The van der Waals surface area contributed by atoms with E-state index in [1.165, 1.54) is 0 Å². The molecule has 0 rings (SSSR count). The van der Waals surface area contributed by atoms with Gasteiger partial charge in [-0.2, -0.15) is 0 Å². The predicted octanol–water partition coefficient (Wildman–Crippen LogP) is 1.31. The van der Waals surface area contributed by atoms with Crippen LogP contribution < -0.4 is 6.15 Å². The largest absolute Gasteiger partial charge is 0.344 e. The molecule has 0 bridgehead atoms. The van der Waals surface area contributed by atoms with Gasteiger partial charge in [-0.1, -0.05) is 11.8 Å². The number of halogens is 1. The second kappa shape index (κ2) is 67.6. The highest BCUT2D eigenvalue weighted by atomic mass is 35.7. The minimum atomic E-state index is 0. The molecule has 0 fully saturated rings. The van der Waals surface area contributed by atoms with E-state index in [4.69, 9.17) is 0 Å². The molecule has 0 unspecified atom stereocenters. The SMILES string of the molecule is N.SCl.[C]. The molecular weight excluding hydrogens is 93.5 g/mol. The van der Waals surface area contributed by atoms with Crippen LogP contribution in [0.3, 0.4) is 0 Å². The van der Waals surface area contributed by atoms with Crippen molar-refractivity contribution in [1.29, 1.82) is 0 Å². The zero-order valence-electron chi connectivity index (χ0n) is 2.03. The lowest BCUT2D eigenvalue weighted by Gasteiger charge is -1.06. The van der Waals surface area contributed by atoms with Crippen molar-refractivity contribution in [3.05, 3.63) is 7.43 Å². The first-order valence-electron chi connectivity index (χ1n) is 0.169. The van der Waals surface area contributed by atoms with Gasteiger partial charge in [-0.3, -0.25) is 0 Å². The van der Waals surface area contributed by atoms with Crippen LogP contribution in [0.25, 0.3) is 0 Å². The highest BCUT2D eigenvalue weighted by Gasteiger charge is 0.940. The van der Waals surface area contributed by atoms with Crippen LogP contribution in [0.4, 0.5) is 0 Å². The van der Waals surface area contributed by atoms with E-state index in [9.17, 15) is 0 Å². The van der Waals surface area contributed by atoms with Gasteiger partial charge in [0.15, 0.2) is 0 Å². The quantitative estimate of drug-likeness (QED) is 0.439. The first-order valence-corrected chi connectivity index (χ1v) is 1.52. The molecule has 0 spiro atoms. The maximum Gasteiger partial charge on any atom is 0 e. The van der Waals surface area contributed by atoms with Gasteiger partial charge in [-0.05, 0) is 10.7 Å². The van der Waals surface area contributed by atoms with Crippen molar-refractivity contribution in [3.8, 4) is 0 Å². The molecule has 0 atom stereocenters. The topological polar surface area (TPSA) is 35.0 Å². The van der Waals surface area contributed by atoms with Crippen molar-refractivity contribution in [1.82, 2.24) is 6.15 Å². The molecule has 4 heavy (non-hydrogen) atoms. The van der Waals surface area contributed by atoms with Crippen LogP contribution in [0.2, 0.25) is 0 Å². The summed E-state index contributed by atoms with van der Waals surface area (Å²) in [7, 11) is 4.33. The summed E-state index contributed by atoms with van der Waals surface area (Å²) in [5, 5.41) is 0. The number of hydrogen-bond donors (Lipinski definition) is 2. The molecule has 3 N–H and O–H groups in total. The van der Waals surface area contributed by atoms with Crippen molar-refractivity contribution >= 4 is 22.5 Å². The lowest BCUT2D eigenvalue weighted by molar-refractivity contribution is 2.13. The molecule has 0 aromatic carbocycles. The molecule has 0 heterocycles. The van der Waals surface area contributed by atoms with Crippen LogP contribution in [-0.2, 0) is 0 Å². The summed E-state index contributed by atoms with van der Waals surface area (Å²) in [6.45, 7) is 0. The average molecular weight is 97.6 g/mol. The molecule has 0 aliphatic carbocycles. The third-order valence-electron chi connectivity index (χ3n) is 0. The second-order valence-corrected chi connectivity index (χ2v) is 0. The Labute approximate surface area is 36.8 Å². The first-order chi connectivity index (χ1) is 1.00. The van der Waals surface area contributed by atoms with Crippen LogP contribution in [0.5, 0.6) is 0 Å². The highest BCUT2D eigenvalue weighted by Crippen LogP contribution is 1.67. The van der Waals surface area contributed by atoms with Gasteiger partial charge in [0.1, 0.15) is 0 Å². The van der Waals surface area contributed by atoms with E-state index in [1.807, 2.05) is 0 Å². The molecule has 1 nitrogen and oxygen atoms in total. The zero-order chi connectivity index (χ0) is 2.00. The minimum Gasteiger partial charge on any atom is -0.344 e. The van der Waals surface area contributed by atoms with Crippen molar-refractivity contribution < 1.29 is 0 Å². The molecule has 0 saturated heterocycles. The Hall–Kier alpha value is 0.600. The number of hydrogen-bond acceptors (Lipinski definition) is 2. The number of thiol groups is 1. The molecule has 3 heteroatoms. The fraction of sp³-hybridized carbons (Fsp3) is 0. The van der Waals surface area contributed by atoms with Crippen LogP contribution in [0.15, 0.2) is 0 Å². The smallest absolute Gasteiger partial charge is 0 e. The van der Waals surface area contributed by atoms with Crippen molar-refractivity contribution in [2.45, 2.75) is 0 Å². The van der Waals surface area contributed by atoms with Crippen LogP contribution in [0, 0.1) is 7.43 Å². The highest BCUT2D eigenvalue weighted by molar-refractivity contribution is 8.05. The summed E-state index contributed by atoms with van der Waals surface area (Å²) < 4.78 is 0. The van der Waals surface area contributed by atoms with Crippen LogP contribution in [-0.4, -0.2) is 0 Å². The second-order valence-electron chi connectivity index (χ2n) is 0. The molecule has 0 aromatic rings. The van der Waals surface area contributed by atoms with E-state index in [2.05, 4.69) is 22.5 Å². The van der Waals surface area contributed by atoms with Gasteiger partial charge in [0.25, 0.3) is 0 Å². The fourth-order valence-electron chi connectivity index (χ4n) is 0. The maximum absolute atomic E-state index is 4.33. The summed E-state index contributed by atoms with van der Waals surface area (Å²) in [6, 6.07) is 0. The van der Waals surface area contributed by atoms with Crippen LogP contribution in [0.1, 0.15) is 0 Å². The Morgan fingerprint density at radius 3 is 1.25 bits per heavy atom. The molecule has 0 aliphatic rings. The van der Waals surface area contributed by atoms with Gasteiger partial charge in [0.2, 0.25) is 0 Å². The first kappa shape index (κ1) is 23.3. The normalized spacial score (nSPS) is 1.50. The van der Waals surface area contributed by atoms with Crippen LogP contribution >= 0.6 is 22.5 Å². The van der Waals surface area contributed by atoms with E-state index in [0.29, 0.717) is 0 Å². The molecule has 0 saturated carbocycles. The summed E-state index contributed by atoms with van der Waals surface area (Å²) in [5.41, 5.74) is 0. The summed E-state index contributed by atoms with van der Waals surface area (Å²) in [4.78, 5) is 0. The van der Waals surface area contributed by atoms with Gasteiger partial charge in [-0.25, -0.2) is 0 Å². The lowest BCUT2D eigenvalue weighted by Crippen LogP contribution is -0.481. The summed E-state index contributed by atoms with van der Waals surface area (Å²) in [5.74, 6) is 0. The Balaban J connectivity index is -0.00000000500. The van der Waals surface area contributed by atoms with E-state index >= 15 is 0 Å². The average Bonchev–Trinajstić information content (AvgIpc) is 1.00. The summed E-state index contributed by atoms with van der Waals surface area (Å²) >= 11 is 3.00. The Morgan fingerprint density at radius 1 is 1.25 bits per heavy atom. The van der Waals surface area contributed by atoms with Crippen molar-refractivity contribution in [3.63, 3.8) is 0 Å². The predicted molar refractivity (Wildman–Crippen MR) is 23.1 cm³/mol. The Bertz CT molecular complexity index is 8.00. The van der Waals surface area contributed by atoms with Gasteiger partial charge in [-0.15, -0.1) is 0 Å². The molecular formula is CH4ClNS. The minimum absolute atomic E-state index is 0. The molecule has 0 amide bonds.